The predicted molar refractivity (Wildman–Crippen MR) is 88.3 cm³/mol. The van der Waals surface area contributed by atoms with Crippen LogP contribution in [0, 0.1) is 5.82 Å². The van der Waals surface area contributed by atoms with Gasteiger partial charge >= 0.3 is 12.6 Å². The number of rotatable bonds is 9. The van der Waals surface area contributed by atoms with Gasteiger partial charge in [0.25, 0.3) is 5.91 Å². The number of amides is 1. The molecule has 2 aromatic carbocycles. The maximum absolute atomic E-state index is 12.7. The topological polar surface area (TPSA) is 73.9 Å². The molecular weight excluding hydrogens is 367 g/mol. The van der Waals surface area contributed by atoms with Crippen molar-refractivity contribution in [2.24, 2.45) is 0 Å². The molecule has 9 heteroatoms. The fraction of sp³-hybridized carbons (Fsp3) is 0.222. The van der Waals surface area contributed by atoms with Gasteiger partial charge in [-0.05, 0) is 36.4 Å². The van der Waals surface area contributed by atoms with Crippen molar-refractivity contribution in [3.05, 3.63) is 59.9 Å². The number of carbonyl (C=O) groups is 2. The Morgan fingerprint density at radius 2 is 1.70 bits per heavy atom. The lowest BCUT2D eigenvalue weighted by atomic mass is 10.2. The second kappa shape index (κ2) is 10.0. The number of benzene rings is 2. The van der Waals surface area contributed by atoms with E-state index in [0.717, 1.165) is 0 Å². The lowest BCUT2D eigenvalue weighted by Gasteiger charge is -2.11. The van der Waals surface area contributed by atoms with Gasteiger partial charge < -0.3 is 19.5 Å². The van der Waals surface area contributed by atoms with Crippen LogP contribution in [0.1, 0.15) is 10.4 Å². The molecule has 6 nitrogen and oxygen atoms in total. The lowest BCUT2D eigenvalue weighted by molar-refractivity contribution is -0.143. The minimum absolute atomic E-state index is 0.0381. The molecule has 1 N–H and O–H groups in total. The summed E-state index contributed by atoms with van der Waals surface area (Å²) in [6, 6.07) is 10.7. The maximum Gasteiger partial charge on any atom is 0.387 e. The van der Waals surface area contributed by atoms with Gasteiger partial charge in [0.1, 0.15) is 37.1 Å². The molecule has 0 saturated heterocycles. The largest absolute Gasteiger partial charge is 0.490 e. The Kier molecular flexibility index (Phi) is 7.48. The van der Waals surface area contributed by atoms with E-state index in [1.807, 2.05) is 0 Å². The molecule has 0 heterocycles. The SMILES string of the molecule is O=C(CNC(=O)c1ccccc1OC(F)F)OCCOc1ccc(F)cc1. The molecule has 0 aliphatic carbocycles. The summed E-state index contributed by atoms with van der Waals surface area (Å²) < 4.78 is 51.8. The molecule has 0 atom stereocenters. The fourth-order valence-corrected chi connectivity index (χ4v) is 2.00. The van der Waals surface area contributed by atoms with Crippen LogP contribution >= 0.6 is 0 Å². The zero-order chi connectivity index (χ0) is 19.6. The van der Waals surface area contributed by atoms with Gasteiger partial charge in [-0.3, -0.25) is 9.59 Å². The van der Waals surface area contributed by atoms with Gasteiger partial charge in [0, 0.05) is 0 Å². The van der Waals surface area contributed by atoms with Crippen molar-refractivity contribution >= 4 is 11.9 Å². The van der Waals surface area contributed by atoms with Crippen LogP contribution in [0.3, 0.4) is 0 Å². The molecule has 0 fully saturated rings. The molecule has 2 aromatic rings. The van der Waals surface area contributed by atoms with Crippen molar-refractivity contribution in [2.75, 3.05) is 19.8 Å². The molecule has 1 amide bonds. The van der Waals surface area contributed by atoms with E-state index in [-0.39, 0.29) is 24.5 Å². The third-order valence-electron chi connectivity index (χ3n) is 3.17. The summed E-state index contributed by atoms with van der Waals surface area (Å²) in [5.74, 6) is -1.78. The van der Waals surface area contributed by atoms with E-state index in [4.69, 9.17) is 9.47 Å². The molecule has 0 aliphatic rings. The van der Waals surface area contributed by atoms with Gasteiger partial charge in [-0.25, -0.2) is 4.39 Å². The number of hydrogen-bond acceptors (Lipinski definition) is 5. The smallest absolute Gasteiger partial charge is 0.387 e. The molecule has 0 unspecified atom stereocenters. The van der Waals surface area contributed by atoms with E-state index >= 15 is 0 Å². The summed E-state index contributed by atoms with van der Waals surface area (Å²) in [6.45, 7) is -3.59. The Morgan fingerprint density at radius 1 is 1.00 bits per heavy atom. The summed E-state index contributed by atoms with van der Waals surface area (Å²) in [5.41, 5.74) is -0.134. The van der Waals surface area contributed by atoms with Gasteiger partial charge in [0.05, 0.1) is 5.56 Å². The third kappa shape index (κ3) is 6.89. The summed E-state index contributed by atoms with van der Waals surface area (Å²) in [6.07, 6.45) is 0. The van der Waals surface area contributed by atoms with Crippen LogP contribution in [0.25, 0.3) is 0 Å². The number of esters is 1. The second-order valence-electron chi connectivity index (χ2n) is 5.08. The van der Waals surface area contributed by atoms with Crippen LogP contribution in [0.5, 0.6) is 11.5 Å². The highest BCUT2D eigenvalue weighted by Gasteiger charge is 2.16. The minimum atomic E-state index is -3.08. The highest BCUT2D eigenvalue weighted by molar-refractivity contribution is 5.98. The Morgan fingerprint density at radius 3 is 2.41 bits per heavy atom. The average molecular weight is 383 g/mol. The van der Waals surface area contributed by atoms with Crippen molar-refractivity contribution < 1.29 is 37.0 Å². The molecule has 0 saturated carbocycles. The van der Waals surface area contributed by atoms with Crippen LogP contribution in [-0.2, 0) is 9.53 Å². The quantitative estimate of drug-likeness (QED) is 0.533. The number of ether oxygens (including phenoxy) is 3. The third-order valence-corrected chi connectivity index (χ3v) is 3.17. The second-order valence-corrected chi connectivity index (χ2v) is 5.08. The van der Waals surface area contributed by atoms with Crippen molar-refractivity contribution in [2.45, 2.75) is 6.61 Å². The first-order valence-corrected chi connectivity index (χ1v) is 7.81. The highest BCUT2D eigenvalue weighted by Crippen LogP contribution is 2.19. The van der Waals surface area contributed by atoms with E-state index in [9.17, 15) is 22.8 Å². The van der Waals surface area contributed by atoms with E-state index in [1.165, 1.54) is 48.5 Å². The van der Waals surface area contributed by atoms with Crippen molar-refractivity contribution in [1.29, 1.82) is 0 Å². The zero-order valence-electron chi connectivity index (χ0n) is 14.0. The number of nitrogens with one attached hydrogen (secondary N) is 1. The first kappa shape index (κ1) is 20.1. The first-order chi connectivity index (χ1) is 13.0. The standard InChI is InChI=1S/C18H16F3NO5/c19-12-5-7-13(8-6-12)25-9-10-26-16(23)11-22-17(24)14-3-1-2-4-15(14)27-18(20)21/h1-8,18H,9-11H2,(H,22,24). The van der Waals surface area contributed by atoms with Crippen LogP contribution in [0.4, 0.5) is 13.2 Å². The predicted octanol–water partition coefficient (Wildman–Crippen LogP) is 2.78. The van der Waals surface area contributed by atoms with E-state index in [2.05, 4.69) is 10.1 Å². The molecule has 0 aliphatic heterocycles. The van der Waals surface area contributed by atoms with Gasteiger partial charge in [-0.2, -0.15) is 8.78 Å². The van der Waals surface area contributed by atoms with Gasteiger partial charge in [-0.1, -0.05) is 12.1 Å². The Hall–Kier alpha value is -3.23. The summed E-state index contributed by atoms with van der Waals surface area (Å²) >= 11 is 0. The van der Waals surface area contributed by atoms with E-state index < -0.39 is 30.8 Å². The van der Waals surface area contributed by atoms with Crippen LogP contribution in [-0.4, -0.2) is 38.2 Å². The molecule has 0 spiro atoms. The Balaban J connectivity index is 1.72. The minimum Gasteiger partial charge on any atom is -0.490 e. The number of hydrogen-bond donors (Lipinski definition) is 1. The van der Waals surface area contributed by atoms with E-state index in [0.29, 0.717) is 5.75 Å². The van der Waals surface area contributed by atoms with Gasteiger partial charge in [0.15, 0.2) is 0 Å². The fourth-order valence-electron chi connectivity index (χ4n) is 2.00. The number of alkyl halides is 2. The zero-order valence-corrected chi connectivity index (χ0v) is 14.0. The molecule has 144 valence electrons. The van der Waals surface area contributed by atoms with E-state index in [1.54, 1.807) is 0 Å². The van der Waals surface area contributed by atoms with Crippen LogP contribution < -0.4 is 14.8 Å². The Bertz CT molecular complexity index is 768. The molecule has 0 radical (unpaired) electrons. The molecule has 0 aromatic heterocycles. The highest BCUT2D eigenvalue weighted by atomic mass is 19.3. The maximum atomic E-state index is 12.7. The summed E-state index contributed by atoms with van der Waals surface area (Å²) in [4.78, 5) is 23.6. The summed E-state index contributed by atoms with van der Waals surface area (Å²) in [7, 11) is 0. The molecular formula is C18H16F3NO5. The number of halogens is 3. The van der Waals surface area contributed by atoms with Gasteiger partial charge in [-0.15, -0.1) is 0 Å². The Labute approximate surface area is 152 Å². The van der Waals surface area contributed by atoms with Crippen molar-refractivity contribution in [3.8, 4) is 11.5 Å². The summed E-state index contributed by atoms with van der Waals surface area (Å²) in [5, 5.41) is 2.26. The lowest BCUT2D eigenvalue weighted by Crippen LogP contribution is -2.31. The van der Waals surface area contributed by atoms with Crippen molar-refractivity contribution in [1.82, 2.24) is 5.32 Å². The molecule has 27 heavy (non-hydrogen) atoms. The first-order valence-electron chi connectivity index (χ1n) is 7.81. The van der Waals surface area contributed by atoms with Gasteiger partial charge in [0.2, 0.25) is 0 Å². The van der Waals surface area contributed by atoms with Crippen LogP contribution in [0.15, 0.2) is 48.5 Å². The van der Waals surface area contributed by atoms with Crippen LogP contribution in [0.2, 0.25) is 0 Å². The number of para-hydroxylation sites is 1. The van der Waals surface area contributed by atoms with Crippen molar-refractivity contribution in [3.63, 3.8) is 0 Å². The molecule has 0 bridgehead atoms. The molecule has 2 rings (SSSR count). The normalized spacial score (nSPS) is 10.4. The average Bonchev–Trinajstić information content (AvgIpc) is 2.64. The monoisotopic (exact) mass is 383 g/mol. The number of carbonyl (C=O) groups excluding carboxylic acids is 2.